The lowest BCUT2D eigenvalue weighted by Gasteiger charge is -2.40. The van der Waals surface area contributed by atoms with Crippen molar-refractivity contribution < 1.29 is 45.2 Å². The highest BCUT2D eigenvalue weighted by Crippen LogP contribution is 2.22. The first kappa shape index (κ1) is 17.7. The summed E-state index contributed by atoms with van der Waals surface area (Å²) in [6.45, 7) is -0.599. The molecule has 1 fully saturated rings. The van der Waals surface area contributed by atoms with Gasteiger partial charge in [-0.3, -0.25) is 0 Å². The summed E-state index contributed by atoms with van der Waals surface area (Å²) in [5.74, 6) is 0. The predicted octanol–water partition coefficient (Wildman–Crippen LogP) is -4.09. The maximum Gasteiger partial charge on any atom is 0.186 e. The zero-order chi connectivity index (χ0) is 15.5. The minimum Gasteiger partial charge on any atom is -0.394 e. The summed E-state index contributed by atoms with van der Waals surface area (Å²) in [4.78, 5) is 0. The molecule has 1 aliphatic heterocycles. The molecule has 0 aromatic carbocycles. The van der Waals surface area contributed by atoms with Crippen molar-refractivity contribution in [1.29, 1.82) is 0 Å². The summed E-state index contributed by atoms with van der Waals surface area (Å²) in [6.07, 6.45) is -8.63. The Kier molecular flexibility index (Phi) is 6.25. The molecule has 0 radical (unpaired) electrons. The summed E-state index contributed by atoms with van der Waals surface area (Å²) in [5, 5.41) is 65.7. The van der Waals surface area contributed by atoms with Gasteiger partial charge in [0.1, 0.15) is 36.1 Å². The minimum absolute atomic E-state index is 0.490. The maximum atomic E-state index is 9.66. The predicted molar refractivity (Wildman–Crippen MR) is 63.4 cm³/mol. The van der Waals surface area contributed by atoms with Crippen LogP contribution < -0.4 is 0 Å². The molecule has 0 aliphatic carbocycles. The summed E-state index contributed by atoms with van der Waals surface area (Å²) in [7, 11) is 0. The fraction of sp³-hybridized carbons (Fsp3) is 1.00. The molecule has 9 heteroatoms. The Morgan fingerprint density at radius 3 is 2.25 bits per heavy atom. The highest BCUT2D eigenvalue weighted by Gasteiger charge is 2.44. The van der Waals surface area contributed by atoms with Crippen molar-refractivity contribution >= 4 is 0 Å². The number of hydrogen-bond acceptors (Lipinski definition) is 9. The number of hydrogen-bond donors (Lipinski definition) is 7. The van der Waals surface area contributed by atoms with Crippen LogP contribution in [0.3, 0.4) is 0 Å². The molecule has 0 aromatic heterocycles. The molecule has 1 heterocycles. The van der Waals surface area contributed by atoms with Crippen LogP contribution in [0.25, 0.3) is 0 Å². The van der Waals surface area contributed by atoms with Crippen molar-refractivity contribution in [2.24, 2.45) is 0 Å². The smallest absolute Gasteiger partial charge is 0.186 e. The topological polar surface area (TPSA) is 160 Å². The zero-order valence-electron chi connectivity index (χ0n) is 11.0. The molecule has 0 unspecified atom stereocenters. The summed E-state index contributed by atoms with van der Waals surface area (Å²) >= 11 is 0. The van der Waals surface area contributed by atoms with E-state index in [9.17, 15) is 25.5 Å². The van der Waals surface area contributed by atoms with Gasteiger partial charge in [0.05, 0.1) is 19.8 Å². The van der Waals surface area contributed by atoms with Gasteiger partial charge in [-0.2, -0.15) is 0 Å². The zero-order valence-corrected chi connectivity index (χ0v) is 11.0. The largest absolute Gasteiger partial charge is 0.394 e. The van der Waals surface area contributed by atoms with Crippen LogP contribution in [0, 0.1) is 0 Å². The third kappa shape index (κ3) is 3.85. The van der Waals surface area contributed by atoms with E-state index in [1.807, 2.05) is 0 Å². The van der Waals surface area contributed by atoms with Crippen LogP contribution >= 0.6 is 0 Å². The highest BCUT2D eigenvalue weighted by molar-refractivity contribution is 4.89. The second kappa shape index (κ2) is 7.07. The van der Waals surface area contributed by atoms with Crippen molar-refractivity contribution in [3.8, 4) is 0 Å². The third-order valence-corrected chi connectivity index (χ3v) is 3.30. The standard InChI is InChI=1S/C11H22O9/c1-11(18,4-13)6(14)3-19-10-9(17)8(16)7(15)5(2-12)20-10/h5-10,12-18H,2-4H2,1H3/t5-,6-,7-,8+,9-,10-,11+/m1/s1. The Morgan fingerprint density at radius 1 is 1.15 bits per heavy atom. The molecule has 20 heavy (non-hydrogen) atoms. The highest BCUT2D eigenvalue weighted by atomic mass is 16.7. The third-order valence-electron chi connectivity index (χ3n) is 3.30. The van der Waals surface area contributed by atoms with Crippen molar-refractivity contribution in [3.05, 3.63) is 0 Å². The Morgan fingerprint density at radius 2 is 1.75 bits per heavy atom. The lowest BCUT2D eigenvalue weighted by Crippen LogP contribution is -2.59. The lowest BCUT2D eigenvalue weighted by molar-refractivity contribution is -0.307. The second-order valence-electron chi connectivity index (χ2n) is 5.06. The molecule has 1 aliphatic rings. The minimum atomic E-state index is -1.80. The molecule has 0 saturated carbocycles. The van der Waals surface area contributed by atoms with Gasteiger partial charge in [0, 0.05) is 0 Å². The molecule has 0 amide bonds. The van der Waals surface area contributed by atoms with E-state index in [1.165, 1.54) is 6.92 Å². The van der Waals surface area contributed by atoms with E-state index in [1.54, 1.807) is 0 Å². The molecular formula is C11H22O9. The Hall–Kier alpha value is -0.360. The van der Waals surface area contributed by atoms with Crippen molar-refractivity contribution in [1.82, 2.24) is 0 Å². The second-order valence-corrected chi connectivity index (χ2v) is 5.06. The van der Waals surface area contributed by atoms with E-state index in [0.717, 1.165) is 0 Å². The first-order chi connectivity index (χ1) is 9.24. The van der Waals surface area contributed by atoms with Crippen LogP contribution in [-0.2, 0) is 9.47 Å². The first-order valence-electron chi connectivity index (χ1n) is 6.18. The normalized spacial score (nSPS) is 39.3. The van der Waals surface area contributed by atoms with Crippen molar-refractivity contribution in [2.75, 3.05) is 19.8 Å². The lowest BCUT2D eigenvalue weighted by atomic mass is 9.99. The van der Waals surface area contributed by atoms with Gasteiger partial charge < -0.3 is 45.2 Å². The van der Waals surface area contributed by atoms with E-state index < -0.39 is 62.2 Å². The average molecular weight is 298 g/mol. The fourth-order valence-corrected chi connectivity index (χ4v) is 1.68. The van der Waals surface area contributed by atoms with E-state index in [0.29, 0.717) is 0 Å². The number of aliphatic hydroxyl groups is 7. The van der Waals surface area contributed by atoms with Gasteiger partial charge in [-0.1, -0.05) is 0 Å². The maximum absolute atomic E-state index is 9.66. The molecule has 9 nitrogen and oxygen atoms in total. The monoisotopic (exact) mass is 298 g/mol. The van der Waals surface area contributed by atoms with Gasteiger partial charge in [-0.25, -0.2) is 0 Å². The molecule has 7 N–H and O–H groups in total. The molecule has 1 rings (SSSR count). The van der Waals surface area contributed by atoms with E-state index in [2.05, 4.69) is 0 Å². The van der Waals surface area contributed by atoms with Crippen LogP contribution in [0.15, 0.2) is 0 Å². The number of aliphatic hydroxyl groups excluding tert-OH is 6. The van der Waals surface area contributed by atoms with Crippen LogP contribution in [0.1, 0.15) is 6.92 Å². The number of rotatable bonds is 6. The van der Waals surface area contributed by atoms with Gasteiger partial charge >= 0.3 is 0 Å². The number of ether oxygens (including phenoxy) is 2. The molecule has 0 aromatic rings. The Bertz CT molecular complexity index is 296. The Balaban J connectivity index is 2.58. The summed E-state index contributed by atoms with van der Waals surface area (Å²) < 4.78 is 10.1. The van der Waals surface area contributed by atoms with Crippen LogP contribution in [0.5, 0.6) is 0 Å². The Labute approximate surface area is 115 Å². The average Bonchev–Trinajstić information content (AvgIpc) is 2.43. The summed E-state index contributed by atoms with van der Waals surface area (Å²) in [6, 6.07) is 0. The van der Waals surface area contributed by atoms with Gasteiger partial charge in [-0.05, 0) is 6.92 Å². The first-order valence-corrected chi connectivity index (χ1v) is 6.18. The van der Waals surface area contributed by atoms with Gasteiger partial charge in [0.15, 0.2) is 6.29 Å². The molecule has 0 bridgehead atoms. The SMILES string of the molecule is C[C@](O)(CO)[C@H](O)CO[C@@H]1O[C@H](CO)[C@@H](O)[C@H](O)[C@H]1O. The van der Waals surface area contributed by atoms with E-state index in [-0.39, 0.29) is 0 Å². The molecule has 7 atom stereocenters. The molecule has 0 spiro atoms. The van der Waals surface area contributed by atoms with E-state index in [4.69, 9.17) is 19.7 Å². The van der Waals surface area contributed by atoms with Crippen LogP contribution in [0.2, 0.25) is 0 Å². The van der Waals surface area contributed by atoms with Gasteiger partial charge in [-0.15, -0.1) is 0 Å². The van der Waals surface area contributed by atoms with E-state index >= 15 is 0 Å². The van der Waals surface area contributed by atoms with Crippen LogP contribution in [0.4, 0.5) is 0 Å². The van der Waals surface area contributed by atoms with Crippen molar-refractivity contribution in [2.45, 2.75) is 49.3 Å². The molecule has 1 saturated heterocycles. The van der Waals surface area contributed by atoms with Crippen molar-refractivity contribution in [3.63, 3.8) is 0 Å². The molecule has 120 valence electrons. The molecular weight excluding hydrogens is 276 g/mol. The summed E-state index contributed by atoms with van der Waals surface area (Å²) in [5.41, 5.74) is -1.80. The fourth-order valence-electron chi connectivity index (χ4n) is 1.68. The van der Waals surface area contributed by atoms with Gasteiger partial charge in [0.25, 0.3) is 0 Å². The van der Waals surface area contributed by atoms with Gasteiger partial charge in [0.2, 0.25) is 0 Å². The quantitative estimate of drug-likeness (QED) is 0.258. The van der Waals surface area contributed by atoms with Crippen LogP contribution in [-0.4, -0.2) is 98.0 Å².